The van der Waals surface area contributed by atoms with E-state index in [9.17, 15) is 9.59 Å². The fraction of sp³-hybridized carbons (Fsp3) is 0.500. The smallest absolute Gasteiger partial charge is 0.268 e. The number of hydrogen-bond donors (Lipinski definition) is 2. The topological polar surface area (TPSA) is 62.0 Å². The van der Waals surface area contributed by atoms with Gasteiger partial charge in [0.1, 0.15) is 5.69 Å². The Balaban J connectivity index is 3.26. The van der Waals surface area contributed by atoms with Crippen molar-refractivity contribution in [3.8, 4) is 0 Å². The maximum atomic E-state index is 11.8. The van der Waals surface area contributed by atoms with Crippen LogP contribution in [0, 0.1) is 6.92 Å². The molecule has 0 saturated carbocycles. The number of nitrogens with one attached hydrogen (secondary N) is 2. The van der Waals surface area contributed by atoms with Gasteiger partial charge >= 0.3 is 0 Å². The van der Waals surface area contributed by atoms with E-state index in [0.29, 0.717) is 24.2 Å². The first-order chi connectivity index (χ1) is 7.52. The summed E-state index contributed by atoms with van der Waals surface area (Å²) in [7, 11) is 0. The molecular weight excluding hydrogens is 204 g/mol. The minimum Gasteiger partial charge on any atom is -0.354 e. The van der Waals surface area contributed by atoms with Gasteiger partial charge in [-0.2, -0.15) is 0 Å². The van der Waals surface area contributed by atoms with Gasteiger partial charge in [-0.15, -0.1) is 0 Å². The molecule has 88 valence electrons. The molecule has 0 aliphatic heterocycles. The average Bonchev–Trinajstić information content (AvgIpc) is 2.55. The van der Waals surface area contributed by atoms with Gasteiger partial charge in [-0.3, -0.25) is 9.59 Å². The molecule has 1 heterocycles. The van der Waals surface area contributed by atoms with Crippen molar-refractivity contribution < 1.29 is 9.59 Å². The highest BCUT2D eigenvalue weighted by Gasteiger charge is 2.20. The van der Waals surface area contributed by atoms with Crippen LogP contribution in [-0.4, -0.2) is 23.2 Å². The van der Waals surface area contributed by atoms with E-state index in [1.54, 1.807) is 0 Å². The van der Waals surface area contributed by atoms with Crippen molar-refractivity contribution in [1.29, 1.82) is 0 Å². The summed E-state index contributed by atoms with van der Waals surface area (Å²) in [6.07, 6.45) is 0.672. The highest BCUT2D eigenvalue weighted by molar-refractivity contribution is 6.02. The molecule has 1 amide bonds. The lowest BCUT2D eigenvalue weighted by atomic mass is 10.0. The lowest BCUT2D eigenvalue weighted by Crippen LogP contribution is -2.24. The Bertz CT molecular complexity index is 419. The molecule has 1 aromatic heterocycles. The summed E-state index contributed by atoms with van der Waals surface area (Å²) in [4.78, 5) is 26.2. The van der Waals surface area contributed by atoms with E-state index < -0.39 is 0 Å². The minimum atomic E-state index is -0.144. The summed E-state index contributed by atoms with van der Waals surface area (Å²) >= 11 is 0. The molecule has 4 nitrogen and oxygen atoms in total. The predicted octanol–water partition coefficient (Wildman–Crippen LogP) is 1.84. The lowest BCUT2D eigenvalue weighted by molar-refractivity contribution is 0.0950. The zero-order valence-corrected chi connectivity index (χ0v) is 10.2. The monoisotopic (exact) mass is 222 g/mol. The first-order valence-electron chi connectivity index (χ1n) is 5.53. The normalized spacial score (nSPS) is 10.2. The number of aromatic amines is 1. The number of Topliss-reactive ketones (excluding diaryl/α,β-unsaturated/α-hetero) is 1. The highest BCUT2D eigenvalue weighted by atomic mass is 16.2. The van der Waals surface area contributed by atoms with Crippen molar-refractivity contribution in [2.75, 3.05) is 6.54 Å². The van der Waals surface area contributed by atoms with Crippen LogP contribution in [0.15, 0.2) is 0 Å². The number of ketones is 1. The number of amides is 1. The number of rotatable bonds is 4. The van der Waals surface area contributed by atoms with Crippen LogP contribution in [0.3, 0.4) is 0 Å². The van der Waals surface area contributed by atoms with E-state index in [2.05, 4.69) is 10.3 Å². The molecule has 0 aliphatic rings. The molecule has 0 aliphatic carbocycles. The van der Waals surface area contributed by atoms with E-state index in [0.717, 1.165) is 11.3 Å². The largest absolute Gasteiger partial charge is 0.354 e. The Morgan fingerprint density at radius 2 is 1.94 bits per heavy atom. The van der Waals surface area contributed by atoms with Gasteiger partial charge in [-0.05, 0) is 32.8 Å². The number of carbonyl (C=O) groups is 2. The predicted molar refractivity (Wildman–Crippen MR) is 62.9 cm³/mol. The van der Waals surface area contributed by atoms with Crippen LogP contribution < -0.4 is 5.32 Å². The molecule has 0 atom stereocenters. The third-order valence-corrected chi connectivity index (χ3v) is 2.56. The Morgan fingerprint density at radius 3 is 2.38 bits per heavy atom. The fourth-order valence-corrected chi connectivity index (χ4v) is 1.95. The lowest BCUT2D eigenvalue weighted by Gasteiger charge is -2.03. The summed E-state index contributed by atoms with van der Waals surface area (Å²) in [6, 6.07) is 0. The van der Waals surface area contributed by atoms with Crippen LogP contribution in [0.2, 0.25) is 0 Å². The Kier molecular flexibility index (Phi) is 3.88. The van der Waals surface area contributed by atoms with Gasteiger partial charge in [-0.25, -0.2) is 0 Å². The number of aromatic nitrogens is 1. The van der Waals surface area contributed by atoms with Crippen LogP contribution >= 0.6 is 0 Å². The number of aryl methyl sites for hydroxylation is 1. The highest BCUT2D eigenvalue weighted by Crippen LogP contribution is 2.20. The van der Waals surface area contributed by atoms with Crippen molar-refractivity contribution >= 4 is 11.7 Å². The summed E-state index contributed by atoms with van der Waals surface area (Å²) in [6.45, 7) is 7.73. The fourth-order valence-electron chi connectivity index (χ4n) is 1.95. The van der Waals surface area contributed by atoms with E-state index >= 15 is 0 Å². The van der Waals surface area contributed by atoms with Crippen molar-refractivity contribution in [3.63, 3.8) is 0 Å². The second-order valence-corrected chi connectivity index (χ2v) is 3.75. The Morgan fingerprint density at radius 1 is 1.31 bits per heavy atom. The Hall–Kier alpha value is -1.58. The molecule has 1 aromatic rings. The summed E-state index contributed by atoms with van der Waals surface area (Å²) in [5, 5.41) is 2.73. The van der Waals surface area contributed by atoms with E-state index in [4.69, 9.17) is 0 Å². The SMILES string of the molecule is CCNC(=O)c1[nH]c(C)c(C(C)=O)c1CC. The molecule has 1 rings (SSSR count). The van der Waals surface area contributed by atoms with Crippen LogP contribution in [0.1, 0.15) is 52.9 Å². The molecule has 0 bridgehead atoms. The molecule has 16 heavy (non-hydrogen) atoms. The molecule has 4 heteroatoms. The summed E-state index contributed by atoms with van der Waals surface area (Å²) in [5.74, 6) is -0.143. The van der Waals surface area contributed by atoms with E-state index in [1.807, 2.05) is 20.8 Å². The third-order valence-electron chi connectivity index (χ3n) is 2.56. The Labute approximate surface area is 95.4 Å². The van der Waals surface area contributed by atoms with E-state index in [1.165, 1.54) is 6.92 Å². The first-order valence-corrected chi connectivity index (χ1v) is 5.53. The minimum absolute atomic E-state index is 0.00106. The van der Waals surface area contributed by atoms with Gasteiger partial charge in [-0.1, -0.05) is 6.92 Å². The van der Waals surface area contributed by atoms with Crippen LogP contribution in [0.5, 0.6) is 0 Å². The molecule has 2 N–H and O–H groups in total. The third kappa shape index (κ3) is 2.15. The average molecular weight is 222 g/mol. The molecular formula is C12H18N2O2. The zero-order chi connectivity index (χ0) is 12.3. The van der Waals surface area contributed by atoms with Crippen molar-refractivity contribution in [3.05, 3.63) is 22.5 Å². The number of hydrogen-bond acceptors (Lipinski definition) is 2. The van der Waals surface area contributed by atoms with Gasteiger partial charge in [0.05, 0.1) is 0 Å². The standard InChI is InChI=1S/C12H18N2O2/c1-5-9-10(8(4)15)7(3)14-11(9)12(16)13-6-2/h14H,5-6H2,1-4H3,(H,13,16). The molecule has 0 unspecified atom stereocenters. The van der Waals surface area contributed by atoms with Crippen LogP contribution in [-0.2, 0) is 6.42 Å². The second-order valence-electron chi connectivity index (χ2n) is 3.75. The van der Waals surface area contributed by atoms with Crippen LogP contribution in [0.25, 0.3) is 0 Å². The first kappa shape index (κ1) is 12.5. The van der Waals surface area contributed by atoms with Crippen molar-refractivity contribution in [2.45, 2.75) is 34.1 Å². The summed E-state index contributed by atoms with van der Waals surface area (Å²) in [5.41, 5.74) is 2.76. The van der Waals surface area contributed by atoms with Gasteiger partial charge in [0.2, 0.25) is 0 Å². The quantitative estimate of drug-likeness (QED) is 0.763. The summed E-state index contributed by atoms with van der Waals surface area (Å²) < 4.78 is 0. The van der Waals surface area contributed by atoms with Gasteiger partial charge < -0.3 is 10.3 Å². The zero-order valence-electron chi connectivity index (χ0n) is 10.2. The van der Waals surface area contributed by atoms with E-state index in [-0.39, 0.29) is 11.7 Å². The van der Waals surface area contributed by atoms with Gasteiger partial charge in [0.25, 0.3) is 5.91 Å². The molecule has 0 fully saturated rings. The number of carbonyl (C=O) groups excluding carboxylic acids is 2. The number of H-pyrrole nitrogens is 1. The van der Waals surface area contributed by atoms with Crippen molar-refractivity contribution in [1.82, 2.24) is 10.3 Å². The van der Waals surface area contributed by atoms with Crippen LogP contribution in [0.4, 0.5) is 0 Å². The molecule has 0 spiro atoms. The maximum Gasteiger partial charge on any atom is 0.268 e. The van der Waals surface area contributed by atoms with Gasteiger partial charge in [0.15, 0.2) is 5.78 Å². The molecule has 0 aromatic carbocycles. The van der Waals surface area contributed by atoms with Crippen molar-refractivity contribution in [2.24, 2.45) is 0 Å². The maximum absolute atomic E-state index is 11.8. The second kappa shape index (κ2) is 4.96. The molecule has 0 saturated heterocycles. The molecule has 0 radical (unpaired) electrons. The van der Waals surface area contributed by atoms with Gasteiger partial charge in [0, 0.05) is 17.8 Å².